The molecule has 0 amide bonds. The molecule has 2 heterocycles. The van der Waals surface area contributed by atoms with E-state index in [1.807, 2.05) is 7.05 Å². The van der Waals surface area contributed by atoms with Gasteiger partial charge in [0.2, 0.25) is 0 Å². The number of nitrogens with zero attached hydrogens (tertiary/aromatic N) is 4. The average molecular weight is 195 g/mol. The van der Waals surface area contributed by atoms with Gasteiger partial charge in [0.25, 0.3) is 0 Å². The Kier molecular flexibility index (Phi) is 2.79. The summed E-state index contributed by atoms with van der Waals surface area (Å²) in [5, 5.41) is 4.24. The van der Waals surface area contributed by atoms with Crippen LogP contribution in [0.4, 0.5) is 0 Å². The summed E-state index contributed by atoms with van der Waals surface area (Å²) >= 11 is 0. The molecule has 0 saturated carbocycles. The Balaban J connectivity index is 1.77. The highest BCUT2D eigenvalue weighted by atomic mass is 15.3. The van der Waals surface area contributed by atoms with E-state index in [1.165, 1.54) is 0 Å². The van der Waals surface area contributed by atoms with Crippen LogP contribution in [0.3, 0.4) is 0 Å². The Morgan fingerprint density at radius 2 is 2.50 bits per heavy atom. The van der Waals surface area contributed by atoms with Crippen molar-refractivity contribution >= 4 is 0 Å². The molecule has 1 aromatic rings. The predicted octanol–water partition coefficient (Wildman–Crippen LogP) is -0.609. The van der Waals surface area contributed by atoms with Crippen molar-refractivity contribution < 1.29 is 0 Å². The molecule has 1 aliphatic rings. The van der Waals surface area contributed by atoms with Crippen molar-refractivity contribution in [2.45, 2.75) is 18.9 Å². The second-order valence-electron chi connectivity index (χ2n) is 3.93. The first kappa shape index (κ1) is 9.61. The molecule has 0 spiro atoms. The van der Waals surface area contributed by atoms with Crippen molar-refractivity contribution in [2.24, 2.45) is 12.8 Å². The second kappa shape index (κ2) is 4.06. The van der Waals surface area contributed by atoms with Crippen molar-refractivity contribution in [3.63, 3.8) is 0 Å². The summed E-state index contributed by atoms with van der Waals surface area (Å²) in [6.45, 7) is 3.17. The van der Waals surface area contributed by atoms with Crippen LogP contribution >= 0.6 is 0 Å². The van der Waals surface area contributed by atoms with Gasteiger partial charge in [-0.15, -0.1) is 0 Å². The fourth-order valence-electron chi connectivity index (χ4n) is 1.82. The smallest absolute Gasteiger partial charge is 0.151 e. The molecule has 78 valence electrons. The van der Waals surface area contributed by atoms with Gasteiger partial charge in [-0.25, -0.2) is 4.98 Å². The molecule has 0 radical (unpaired) electrons. The Morgan fingerprint density at radius 3 is 3.07 bits per heavy atom. The second-order valence-corrected chi connectivity index (χ2v) is 3.93. The first-order valence-corrected chi connectivity index (χ1v) is 5.06. The summed E-state index contributed by atoms with van der Waals surface area (Å²) in [7, 11) is 1.89. The van der Waals surface area contributed by atoms with E-state index in [9.17, 15) is 0 Å². The summed E-state index contributed by atoms with van der Waals surface area (Å²) in [4.78, 5) is 6.57. The lowest BCUT2D eigenvalue weighted by Crippen LogP contribution is -2.28. The molecule has 2 rings (SSSR count). The molecule has 0 aliphatic carbocycles. The minimum Gasteiger partial charge on any atom is -0.326 e. The molecule has 1 unspecified atom stereocenters. The first-order valence-electron chi connectivity index (χ1n) is 5.06. The van der Waals surface area contributed by atoms with E-state index >= 15 is 0 Å². The number of aromatic nitrogens is 3. The largest absolute Gasteiger partial charge is 0.326 e. The highest BCUT2D eigenvalue weighted by Gasteiger charge is 2.18. The third kappa shape index (κ3) is 2.30. The third-order valence-corrected chi connectivity index (χ3v) is 2.61. The summed E-state index contributed by atoms with van der Waals surface area (Å²) < 4.78 is 1.74. The van der Waals surface area contributed by atoms with Crippen molar-refractivity contribution in [1.82, 2.24) is 19.7 Å². The van der Waals surface area contributed by atoms with Crippen molar-refractivity contribution in [1.29, 1.82) is 0 Å². The molecule has 5 nitrogen and oxygen atoms in total. The van der Waals surface area contributed by atoms with Crippen LogP contribution in [-0.4, -0.2) is 45.3 Å². The molecule has 1 aliphatic heterocycles. The monoisotopic (exact) mass is 195 g/mol. The number of aryl methyl sites for hydroxylation is 1. The molecule has 2 N–H and O–H groups in total. The molecule has 0 bridgehead atoms. The van der Waals surface area contributed by atoms with Gasteiger partial charge in [0.1, 0.15) is 6.33 Å². The van der Waals surface area contributed by atoms with Gasteiger partial charge >= 0.3 is 0 Å². The van der Waals surface area contributed by atoms with Crippen LogP contribution in [0, 0.1) is 0 Å². The van der Waals surface area contributed by atoms with Crippen LogP contribution in [0.5, 0.6) is 0 Å². The van der Waals surface area contributed by atoms with Crippen LogP contribution in [0.15, 0.2) is 6.33 Å². The predicted molar refractivity (Wildman–Crippen MR) is 53.7 cm³/mol. The number of hydrogen-bond donors (Lipinski definition) is 1. The van der Waals surface area contributed by atoms with Gasteiger partial charge in [-0.2, -0.15) is 5.10 Å². The lowest BCUT2D eigenvalue weighted by molar-refractivity contribution is 0.336. The van der Waals surface area contributed by atoms with Gasteiger partial charge < -0.3 is 10.6 Å². The Morgan fingerprint density at radius 1 is 1.64 bits per heavy atom. The molecular weight excluding hydrogens is 178 g/mol. The molecule has 1 fully saturated rings. The highest BCUT2D eigenvalue weighted by Crippen LogP contribution is 2.06. The Labute approximate surface area is 83.9 Å². The number of hydrogen-bond acceptors (Lipinski definition) is 4. The van der Waals surface area contributed by atoms with Gasteiger partial charge in [0, 0.05) is 32.6 Å². The summed E-state index contributed by atoms with van der Waals surface area (Å²) in [6.07, 6.45) is 3.79. The standard InChI is InChI=1S/C9H17N5/c1-13-7-11-9(12-13)3-5-14-4-2-8(10)6-14/h7-8H,2-6,10H2,1H3. The van der Waals surface area contributed by atoms with Crippen LogP contribution in [0.2, 0.25) is 0 Å². The van der Waals surface area contributed by atoms with E-state index in [2.05, 4.69) is 15.0 Å². The third-order valence-electron chi connectivity index (χ3n) is 2.61. The van der Waals surface area contributed by atoms with Crippen LogP contribution < -0.4 is 5.73 Å². The molecule has 14 heavy (non-hydrogen) atoms. The average Bonchev–Trinajstić information content (AvgIpc) is 2.72. The zero-order chi connectivity index (χ0) is 9.97. The van der Waals surface area contributed by atoms with Crippen molar-refractivity contribution in [3.8, 4) is 0 Å². The van der Waals surface area contributed by atoms with E-state index in [1.54, 1.807) is 11.0 Å². The van der Waals surface area contributed by atoms with Crippen LogP contribution in [0.1, 0.15) is 12.2 Å². The maximum absolute atomic E-state index is 5.82. The summed E-state index contributed by atoms with van der Waals surface area (Å²) in [5.41, 5.74) is 5.82. The van der Waals surface area contributed by atoms with Gasteiger partial charge in [-0.1, -0.05) is 0 Å². The Hall–Kier alpha value is -0.940. The minimum atomic E-state index is 0.367. The highest BCUT2D eigenvalue weighted by molar-refractivity contribution is 4.85. The lowest BCUT2D eigenvalue weighted by atomic mass is 10.3. The van der Waals surface area contributed by atoms with Gasteiger partial charge in [0.15, 0.2) is 5.82 Å². The summed E-state index contributed by atoms with van der Waals surface area (Å²) in [6, 6.07) is 0.367. The molecule has 1 saturated heterocycles. The van der Waals surface area contributed by atoms with E-state index in [-0.39, 0.29) is 0 Å². The Bertz CT molecular complexity index is 295. The van der Waals surface area contributed by atoms with Gasteiger partial charge in [-0.05, 0) is 13.0 Å². The van der Waals surface area contributed by atoms with E-state index in [4.69, 9.17) is 5.73 Å². The lowest BCUT2D eigenvalue weighted by Gasteiger charge is -2.13. The van der Waals surface area contributed by atoms with Crippen molar-refractivity contribution in [3.05, 3.63) is 12.2 Å². The molecule has 0 aromatic carbocycles. The normalized spacial score (nSPS) is 23.1. The summed E-state index contributed by atoms with van der Waals surface area (Å²) in [5.74, 6) is 0.924. The topological polar surface area (TPSA) is 60.0 Å². The SMILES string of the molecule is Cn1cnc(CCN2CCC(N)C2)n1. The quantitative estimate of drug-likeness (QED) is 0.699. The van der Waals surface area contributed by atoms with Crippen LogP contribution in [-0.2, 0) is 13.5 Å². The fraction of sp³-hybridized carbons (Fsp3) is 0.778. The molecular formula is C9H17N5. The molecule has 1 aromatic heterocycles. The fourth-order valence-corrected chi connectivity index (χ4v) is 1.82. The van der Waals surface area contributed by atoms with E-state index in [0.717, 1.165) is 38.3 Å². The number of nitrogens with two attached hydrogens (primary N) is 1. The van der Waals surface area contributed by atoms with E-state index < -0.39 is 0 Å². The molecule has 5 heteroatoms. The minimum absolute atomic E-state index is 0.367. The van der Waals surface area contributed by atoms with Crippen molar-refractivity contribution in [2.75, 3.05) is 19.6 Å². The maximum Gasteiger partial charge on any atom is 0.151 e. The van der Waals surface area contributed by atoms with Gasteiger partial charge in [0.05, 0.1) is 0 Å². The number of likely N-dealkylation sites (tertiary alicyclic amines) is 1. The zero-order valence-corrected chi connectivity index (χ0v) is 8.56. The van der Waals surface area contributed by atoms with Crippen LogP contribution in [0.25, 0.3) is 0 Å². The van der Waals surface area contributed by atoms with E-state index in [0.29, 0.717) is 6.04 Å². The molecule has 1 atom stereocenters. The van der Waals surface area contributed by atoms with Gasteiger partial charge in [-0.3, -0.25) is 4.68 Å². The first-order chi connectivity index (χ1) is 6.74. The zero-order valence-electron chi connectivity index (χ0n) is 8.56. The number of rotatable bonds is 3. The maximum atomic E-state index is 5.82.